The molecule has 0 spiro atoms. The van der Waals surface area contributed by atoms with Gasteiger partial charge in [-0.1, -0.05) is 187 Å². The molecule has 0 heteroatoms. The molecule has 0 bridgehead atoms. The van der Waals surface area contributed by atoms with Crippen molar-refractivity contribution in [3.63, 3.8) is 0 Å². The minimum absolute atomic E-state index is 0.793. The molecule has 1 aliphatic carbocycles. The number of allylic oxidation sites excluding steroid dienone is 20. The predicted molar refractivity (Wildman–Crippen MR) is 209 cm³/mol. The number of hydrogen-bond donors (Lipinski definition) is 0. The third-order valence-electron chi connectivity index (χ3n) is 7.71. The van der Waals surface area contributed by atoms with E-state index < -0.39 is 0 Å². The van der Waals surface area contributed by atoms with Crippen LogP contribution in [0.25, 0.3) is 35.1 Å². The monoisotopic (exact) mass is 596 g/mol. The van der Waals surface area contributed by atoms with Crippen LogP contribution in [0.2, 0.25) is 0 Å². The molecular weight excluding hydrogens is 553 g/mol. The summed E-state index contributed by atoms with van der Waals surface area (Å²) >= 11 is 0. The molecule has 2 aromatic carbocycles. The van der Waals surface area contributed by atoms with E-state index in [0.717, 1.165) is 78.6 Å². The van der Waals surface area contributed by atoms with Gasteiger partial charge in [0.15, 0.2) is 0 Å². The fourth-order valence-electron chi connectivity index (χ4n) is 5.15. The van der Waals surface area contributed by atoms with Crippen molar-refractivity contribution in [2.45, 2.75) is 12.8 Å². The van der Waals surface area contributed by atoms with Crippen molar-refractivity contribution in [3.05, 3.63) is 229 Å². The molecule has 0 amide bonds. The summed E-state index contributed by atoms with van der Waals surface area (Å²) in [6, 6.07) is 16.5. The molecule has 0 aliphatic heterocycles. The largest absolute Gasteiger partial charge is 0.0991 e. The fourth-order valence-corrected chi connectivity index (χ4v) is 5.15. The first-order valence-electron chi connectivity index (χ1n) is 15.2. The van der Waals surface area contributed by atoms with E-state index in [2.05, 4.69) is 114 Å². The Labute approximate surface area is 276 Å². The van der Waals surface area contributed by atoms with E-state index in [1.54, 1.807) is 18.2 Å². The van der Waals surface area contributed by atoms with Crippen molar-refractivity contribution in [1.82, 2.24) is 0 Å². The molecule has 0 saturated carbocycles. The Hall–Kier alpha value is -5.72. The molecule has 0 fully saturated rings. The van der Waals surface area contributed by atoms with Crippen molar-refractivity contribution in [2.75, 3.05) is 0 Å². The second kappa shape index (κ2) is 16.9. The average Bonchev–Trinajstić information content (AvgIpc) is 3.07. The highest BCUT2D eigenvalue weighted by Gasteiger charge is 2.15. The van der Waals surface area contributed by atoms with Gasteiger partial charge in [-0.25, -0.2) is 0 Å². The van der Waals surface area contributed by atoms with E-state index in [-0.39, 0.29) is 0 Å². The van der Waals surface area contributed by atoms with Crippen LogP contribution in [0.5, 0.6) is 0 Å². The average molecular weight is 597 g/mol. The Morgan fingerprint density at radius 2 is 1.26 bits per heavy atom. The minimum atomic E-state index is 0.793. The summed E-state index contributed by atoms with van der Waals surface area (Å²) in [7, 11) is 0. The molecule has 228 valence electrons. The van der Waals surface area contributed by atoms with Crippen molar-refractivity contribution < 1.29 is 0 Å². The highest BCUT2D eigenvalue weighted by molar-refractivity contribution is 6.00. The van der Waals surface area contributed by atoms with E-state index in [1.807, 2.05) is 54.7 Å². The van der Waals surface area contributed by atoms with Crippen LogP contribution in [0.15, 0.2) is 208 Å². The first-order valence-corrected chi connectivity index (χ1v) is 15.2. The van der Waals surface area contributed by atoms with Crippen LogP contribution in [0.4, 0.5) is 0 Å². The summed E-state index contributed by atoms with van der Waals surface area (Å²) in [5.74, 6) is 0. The van der Waals surface area contributed by atoms with Crippen LogP contribution in [-0.4, -0.2) is 0 Å². The minimum Gasteiger partial charge on any atom is -0.0991 e. The maximum Gasteiger partial charge on any atom is -0.00445 e. The molecule has 0 saturated heterocycles. The molecule has 0 atom stereocenters. The molecule has 2 aromatic rings. The van der Waals surface area contributed by atoms with Gasteiger partial charge in [0.2, 0.25) is 0 Å². The first-order chi connectivity index (χ1) is 22.1. The van der Waals surface area contributed by atoms with E-state index in [1.165, 1.54) is 11.1 Å². The summed E-state index contributed by atoms with van der Waals surface area (Å²) in [5.41, 5.74) is 9.66. The van der Waals surface area contributed by atoms with E-state index in [4.69, 9.17) is 0 Å². The lowest BCUT2D eigenvalue weighted by molar-refractivity contribution is 0.990. The number of fused-ring (bicyclic) bond motifs is 1. The summed E-state index contributed by atoms with van der Waals surface area (Å²) in [5, 5.41) is 3.91. The van der Waals surface area contributed by atoms with Crippen LogP contribution in [0, 0.1) is 0 Å². The van der Waals surface area contributed by atoms with Crippen LogP contribution >= 0.6 is 0 Å². The Balaban J connectivity index is 2.26. The summed E-state index contributed by atoms with van der Waals surface area (Å²) in [6.45, 7) is 41.4. The van der Waals surface area contributed by atoms with Crippen molar-refractivity contribution in [3.8, 4) is 0 Å². The lowest BCUT2D eigenvalue weighted by Crippen LogP contribution is -2.09. The highest BCUT2D eigenvalue weighted by Crippen LogP contribution is 2.34. The molecule has 0 aromatic heterocycles. The highest BCUT2D eigenvalue weighted by atomic mass is 14.2. The SMILES string of the molecule is C=C/C=C\C(=C)C(=C)/C=C\C(=C)c1c(=C)ccccc(=C)c(C2=CC=C(/C(=C/C=C\C(=C)C=C)C(=C)C=C)CC2)c2ccccc12. The smallest absolute Gasteiger partial charge is 0.00445 e. The van der Waals surface area contributed by atoms with Gasteiger partial charge in [-0.3, -0.25) is 0 Å². The molecule has 0 nitrogen and oxygen atoms in total. The molecule has 0 heterocycles. The molecule has 3 rings (SSSR count). The quantitative estimate of drug-likeness (QED) is 0.202. The topological polar surface area (TPSA) is 0 Å². The van der Waals surface area contributed by atoms with Crippen molar-refractivity contribution in [2.24, 2.45) is 0 Å². The third kappa shape index (κ3) is 8.91. The fraction of sp³-hybridized carbons (Fsp3) is 0.0435. The van der Waals surface area contributed by atoms with Crippen LogP contribution in [0.1, 0.15) is 24.0 Å². The molecule has 1 aliphatic rings. The Bertz CT molecular complexity index is 1980. The van der Waals surface area contributed by atoms with Gasteiger partial charge < -0.3 is 0 Å². The van der Waals surface area contributed by atoms with Gasteiger partial charge in [0.1, 0.15) is 0 Å². The zero-order chi connectivity index (χ0) is 33.6. The lowest BCUT2D eigenvalue weighted by atomic mass is 9.85. The van der Waals surface area contributed by atoms with E-state index in [0.29, 0.717) is 0 Å². The zero-order valence-corrected chi connectivity index (χ0v) is 27.0. The van der Waals surface area contributed by atoms with Crippen molar-refractivity contribution >= 4 is 35.1 Å². The summed E-state index contributed by atoms with van der Waals surface area (Å²) in [6.07, 6.45) is 24.9. The second-order valence-corrected chi connectivity index (χ2v) is 10.9. The molecule has 0 radical (unpaired) electrons. The number of rotatable bonds is 13. The van der Waals surface area contributed by atoms with Gasteiger partial charge in [0, 0.05) is 0 Å². The third-order valence-corrected chi connectivity index (χ3v) is 7.71. The Morgan fingerprint density at radius 3 is 1.89 bits per heavy atom. The normalized spacial score (nSPS) is 13.2. The van der Waals surface area contributed by atoms with Gasteiger partial charge in [-0.15, -0.1) is 0 Å². The van der Waals surface area contributed by atoms with Crippen LogP contribution < -0.4 is 10.4 Å². The van der Waals surface area contributed by atoms with Gasteiger partial charge in [0.25, 0.3) is 0 Å². The first kappa shape index (κ1) is 34.8. The van der Waals surface area contributed by atoms with Gasteiger partial charge in [-0.05, 0) is 89.8 Å². The molecular formula is C46H44. The molecule has 0 N–H and O–H groups in total. The summed E-state index contributed by atoms with van der Waals surface area (Å²) in [4.78, 5) is 0. The van der Waals surface area contributed by atoms with Crippen molar-refractivity contribution in [1.29, 1.82) is 0 Å². The second-order valence-electron chi connectivity index (χ2n) is 10.9. The maximum absolute atomic E-state index is 4.51. The van der Waals surface area contributed by atoms with Gasteiger partial charge >= 0.3 is 0 Å². The molecule has 0 unspecified atom stereocenters. The zero-order valence-electron chi connectivity index (χ0n) is 27.0. The number of hydrogen-bond acceptors (Lipinski definition) is 0. The Morgan fingerprint density at radius 1 is 0.609 bits per heavy atom. The molecule has 46 heavy (non-hydrogen) atoms. The standard InChI is InChI=1S/C46H44/c1-11-14-21-35(6)36(7)27-28-39(10)45-37(8)22-15-16-23-38(9)46(44-25-18-17-24-43(44)45)41-31-29-40(30-32-41)42(34(5)13-3)26-19-20-33(4)12-2/h11-29,31H,1-10,30,32H2/b20-19-,21-14-,22-15?,23-16?,28-27-,42-26+,45-43?,46-44?. The number of benzene rings is 1. The van der Waals surface area contributed by atoms with Crippen LogP contribution in [0.3, 0.4) is 0 Å². The van der Waals surface area contributed by atoms with E-state index in [9.17, 15) is 0 Å². The Kier molecular flexibility index (Phi) is 12.8. The van der Waals surface area contributed by atoms with E-state index >= 15 is 0 Å². The maximum atomic E-state index is 4.51. The predicted octanol–water partition coefficient (Wildman–Crippen LogP) is 11.3. The van der Waals surface area contributed by atoms with Gasteiger partial charge in [0.05, 0.1) is 0 Å². The summed E-state index contributed by atoms with van der Waals surface area (Å²) < 4.78 is 0. The lowest BCUT2D eigenvalue weighted by Gasteiger charge is -2.19. The van der Waals surface area contributed by atoms with Gasteiger partial charge in [-0.2, -0.15) is 0 Å². The van der Waals surface area contributed by atoms with Crippen LogP contribution in [-0.2, 0) is 0 Å².